The Balaban J connectivity index is 3.35. The number of hydrogen-bond acceptors (Lipinski definition) is 4. The third-order valence-corrected chi connectivity index (χ3v) is 1.76. The summed E-state index contributed by atoms with van der Waals surface area (Å²) in [6.45, 7) is 1.60. The Bertz CT molecular complexity index is 354. The summed E-state index contributed by atoms with van der Waals surface area (Å²) in [5.41, 5.74) is -0.182. The van der Waals surface area contributed by atoms with Gasteiger partial charge in [-0.05, 0) is 6.92 Å². The van der Waals surface area contributed by atoms with Gasteiger partial charge in [0, 0.05) is 7.05 Å². The van der Waals surface area contributed by atoms with Crippen molar-refractivity contribution >= 4 is 23.4 Å². The molecule has 0 atom stereocenters. The van der Waals surface area contributed by atoms with E-state index in [9.17, 15) is 4.79 Å². The van der Waals surface area contributed by atoms with E-state index in [0.29, 0.717) is 11.6 Å². The first-order chi connectivity index (χ1) is 6.06. The standard InChI is InChI=1S/C7H8ClN3O2/c1-3-10-5(7(12)13)4(8)6(9-2)11-3/h1-2H3,(H,12,13)(H,9,10,11). The van der Waals surface area contributed by atoms with Gasteiger partial charge in [-0.2, -0.15) is 0 Å². The molecule has 0 fully saturated rings. The average Bonchev–Trinajstić information content (AvgIpc) is 2.08. The second kappa shape index (κ2) is 3.57. The Morgan fingerprint density at radius 1 is 1.54 bits per heavy atom. The van der Waals surface area contributed by atoms with E-state index < -0.39 is 5.97 Å². The van der Waals surface area contributed by atoms with Gasteiger partial charge < -0.3 is 10.4 Å². The number of halogens is 1. The highest BCUT2D eigenvalue weighted by atomic mass is 35.5. The van der Waals surface area contributed by atoms with Gasteiger partial charge in [0.2, 0.25) is 0 Å². The van der Waals surface area contributed by atoms with Crippen LogP contribution in [0.3, 0.4) is 0 Å². The molecule has 1 aromatic rings. The minimum absolute atomic E-state index is 0.0283. The lowest BCUT2D eigenvalue weighted by Crippen LogP contribution is -2.07. The van der Waals surface area contributed by atoms with Crippen LogP contribution in [0.2, 0.25) is 5.02 Å². The lowest BCUT2D eigenvalue weighted by atomic mass is 10.4. The largest absolute Gasteiger partial charge is 0.476 e. The van der Waals surface area contributed by atoms with Crippen molar-refractivity contribution in [1.82, 2.24) is 9.97 Å². The molecule has 0 radical (unpaired) electrons. The van der Waals surface area contributed by atoms with Crippen molar-refractivity contribution in [2.75, 3.05) is 12.4 Å². The van der Waals surface area contributed by atoms with Crippen LogP contribution in [0.25, 0.3) is 0 Å². The third kappa shape index (κ3) is 1.86. The number of rotatable bonds is 2. The maximum Gasteiger partial charge on any atom is 0.356 e. The molecule has 0 spiro atoms. The molecule has 6 heteroatoms. The van der Waals surface area contributed by atoms with Crippen molar-refractivity contribution in [3.63, 3.8) is 0 Å². The Hall–Kier alpha value is -1.36. The van der Waals surface area contributed by atoms with Crippen LogP contribution >= 0.6 is 11.6 Å². The van der Waals surface area contributed by atoms with Gasteiger partial charge in [0.1, 0.15) is 16.7 Å². The number of aromatic carboxylic acids is 1. The predicted octanol–water partition coefficient (Wildman–Crippen LogP) is 1.18. The van der Waals surface area contributed by atoms with Gasteiger partial charge in [-0.15, -0.1) is 0 Å². The molecule has 0 saturated heterocycles. The summed E-state index contributed by atoms with van der Waals surface area (Å²) >= 11 is 5.71. The Labute approximate surface area is 79.8 Å². The van der Waals surface area contributed by atoms with Crippen molar-refractivity contribution in [2.24, 2.45) is 0 Å². The first-order valence-electron chi connectivity index (χ1n) is 3.51. The number of nitrogens with one attached hydrogen (secondary N) is 1. The minimum Gasteiger partial charge on any atom is -0.476 e. The van der Waals surface area contributed by atoms with Crippen LogP contribution in [0.5, 0.6) is 0 Å². The predicted molar refractivity (Wildman–Crippen MR) is 48.3 cm³/mol. The van der Waals surface area contributed by atoms with Gasteiger partial charge in [0.15, 0.2) is 5.69 Å². The molecule has 0 bridgehead atoms. The molecular weight excluding hydrogens is 194 g/mol. The van der Waals surface area contributed by atoms with Crippen LogP contribution in [0.1, 0.15) is 16.3 Å². The maximum atomic E-state index is 10.6. The SMILES string of the molecule is CNc1nc(C)nc(C(=O)O)c1Cl. The van der Waals surface area contributed by atoms with E-state index >= 15 is 0 Å². The summed E-state index contributed by atoms with van der Waals surface area (Å²) in [6, 6.07) is 0. The molecular formula is C7H8ClN3O2. The highest BCUT2D eigenvalue weighted by Gasteiger charge is 2.15. The number of nitrogens with zero attached hydrogens (tertiary/aromatic N) is 2. The van der Waals surface area contributed by atoms with Gasteiger partial charge in [-0.3, -0.25) is 0 Å². The summed E-state index contributed by atoms with van der Waals surface area (Å²) in [7, 11) is 1.61. The molecule has 0 saturated carbocycles. The van der Waals surface area contributed by atoms with E-state index in [2.05, 4.69) is 15.3 Å². The molecule has 0 aromatic carbocycles. The molecule has 0 aliphatic carbocycles. The molecule has 1 heterocycles. The van der Waals surface area contributed by atoms with Gasteiger partial charge in [-0.25, -0.2) is 14.8 Å². The number of hydrogen-bond donors (Lipinski definition) is 2. The second-order valence-corrected chi connectivity index (χ2v) is 2.72. The average molecular weight is 202 g/mol. The molecule has 0 unspecified atom stereocenters. The molecule has 0 aliphatic heterocycles. The molecule has 13 heavy (non-hydrogen) atoms. The maximum absolute atomic E-state index is 10.6. The summed E-state index contributed by atoms with van der Waals surface area (Å²) < 4.78 is 0. The number of carbonyl (C=O) groups is 1. The van der Waals surface area contributed by atoms with E-state index in [1.54, 1.807) is 14.0 Å². The lowest BCUT2D eigenvalue weighted by Gasteiger charge is -2.05. The quantitative estimate of drug-likeness (QED) is 0.752. The van der Waals surface area contributed by atoms with E-state index in [1.807, 2.05) is 0 Å². The zero-order valence-electron chi connectivity index (χ0n) is 7.13. The number of carboxylic acids is 1. The van der Waals surface area contributed by atoms with E-state index in [-0.39, 0.29) is 10.7 Å². The minimum atomic E-state index is -1.16. The zero-order valence-corrected chi connectivity index (χ0v) is 7.88. The number of anilines is 1. The van der Waals surface area contributed by atoms with Crippen LogP contribution in [-0.2, 0) is 0 Å². The fraction of sp³-hybridized carbons (Fsp3) is 0.286. The second-order valence-electron chi connectivity index (χ2n) is 2.34. The molecule has 0 amide bonds. The van der Waals surface area contributed by atoms with E-state index in [1.165, 1.54) is 0 Å². The monoisotopic (exact) mass is 201 g/mol. The normalized spacial score (nSPS) is 9.77. The topological polar surface area (TPSA) is 75.1 Å². The van der Waals surface area contributed by atoms with E-state index in [0.717, 1.165) is 0 Å². The summed E-state index contributed by atoms with van der Waals surface area (Å²) in [5.74, 6) is -0.468. The Morgan fingerprint density at radius 2 is 2.15 bits per heavy atom. The fourth-order valence-electron chi connectivity index (χ4n) is 0.866. The van der Waals surface area contributed by atoms with Gasteiger partial charge >= 0.3 is 5.97 Å². The van der Waals surface area contributed by atoms with Crippen molar-refractivity contribution in [3.8, 4) is 0 Å². The highest BCUT2D eigenvalue weighted by molar-refractivity contribution is 6.35. The van der Waals surface area contributed by atoms with Crippen molar-refractivity contribution in [3.05, 3.63) is 16.5 Å². The Morgan fingerprint density at radius 3 is 2.62 bits per heavy atom. The van der Waals surface area contributed by atoms with Crippen molar-refractivity contribution in [2.45, 2.75) is 6.92 Å². The van der Waals surface area contributed by atoms with Crippen LogP contribution < -0.4 is 5.32 Å². The first kappa shape index (κ1) is 9.73. The number of carboxylic acid groups (broad SMARTS) is 1. The first-order valence-corrected chi connectivity index (χ1v) is 3.89. The molecule has 1 rings (SSSR count). The molecule has 2 N–H and O–H groups in total. The van der Waals surface area contributed by atoms with Gasteiger partial charge in [-0.1, -0.05) is 11.6 Å². The van der Waals surface area contributed by atoms with Crippen molar-refractivity contribution in [1.29, 1.82) is 0 Å². The molecule has 70 valence electrons. The zero-order chi connectivity index (χ0) is 10.0. The summed E-state index contributed by atoms with van der Waals surface area (Å²) in [4.78, 5) is 18.3. The Kier molecular flexibility index (Phi) is 2.67. The van der Waals surface area contributed by atoms with Crippen LogP contribution in [-0.4, -0.2) is 28.1 Å². The van der Waals surface area contributed by atoms with Crippen LogP contribution in [0.15, 0.2) is 0 Å². The van der Waals surface area contributed by atoms with Crippen LogP contribution in [0.4, 0.5) is 5.82 Å². The smallest absolute Gasteiger partial charge is 0.356 e. The highest BCUT2D eigenvalue weighted by Crippen LogP contribution is 2.22. The molecule has 5 nitrogen and oxygen atoms in total. The van der Waals surface area contributed by atoms with Gasteiger partial charge in [0.25, 0.3) is 0 Å². The van der Waals surface area contributed by atoms with Crippen LogP contribution in [0, 0.1) is 6.92 Å². The molecule has 0 aliphatic rings. The number of aryl methyl sites for hydroxylation is 1. The lowest BCUT2D eigenvalue weighted by molar-refractivity contribution is 0.0690. The summed E-state index contributed by atoms with van der Waals surface area (Å²) in [6.07, 6.45) is 0. The third-order valence-electron chi connectivity index (χ3n) is 1.40. The van der Waals surface area contributed by atoms with E-state index in [4.69, 9.17) is 16.7 Å². The summed E-state index contributed by atoms with van der Waals surface area (Å²) in [5, 5.41) is 11.4. The fourth-order valence-corrected chi connectivity index (χ4v) is 1.13. The number of aromatic nitrogens is 2. The van der Waals surface area contributed by atoms with Crippen molar-refractivity contribution < 1.29 is 9.90 Å². The molecule has 1 aromatic heterocycles. The van der Waals surface area contributed by atoms with Gasteiger partial charge in [0.05, 0.1) is 0 Å².